The zero-order chi connectivity index (χ0) is 19.8. The fourth-order valence-corrected chi connectivity index (χ4v) is 2.86. The van der Waals surface area contributed by atoms with Crippen LogP contribution >= 0.6 is 0 Å². The molecule has 0 unspecified atom stereocenters. The number of hydrogen-bond donors (Lipinski definition) is 2. The van der Waals surface area contributed by atoms with Crippen LogP contribution in [0.1, 0.15) is 24.5 Å². The van der Waals surface area contributed by atoms with Gasteiger partial charge >= 0.3 is 0 Å². The van der Waals surface area contributed by atoms with Crippen LogP contribution in [-0.2, 0) is 4.79 Å². The van der Waals surface area contributed by atoms with Crippen LogP contribution in [0.5, 0.6) is 0 Å². The quantitative estimate of drug-likeness (QED) is 0.453. The van der Waals surface area contributed by atoms with Gasteiger partial charge in [0.2, 0.25) is 0 Å². The van der Waals surface area contributed by atoms with Gasteiger partial charge in [-0.25, -0.2) is 5.43 Å². The minimum Gasteiger partial charge on any atom is -0.376 e. The summed E-state index contributed by atoms with van der Waals surface area (Å²) in [6.07, 6.45) is 0.732. The molecule has 0 radical (unpaired) electrons. The van der Waals surface area contributed by atoms with Crippen molar-refractivity contribution in [1.29, 1.82) is 0 Å². The molecule has 28 heavy (non-hydrogen) atoms. The van der Waals surface area contributed by atoms with Gasteiger partial charge in [-0.1, -0.05) is 79.2 Å². The maximum absolute atomic E-state index is 12.1. The summed E-state index contributed by atoms with van der Waals surface area (Å²) in [7, 11) is 0. The van der Waals surface area contributed by atoms with Crippen LogP contribution in [0.3, 0.4) is 0 Å². The summed E-state index contributed by atoms with van der Waals surface area (Å²) in [6, 6.07) is 26.4. The van der Waals surface area contributed by atoms with Gasteiger partial charge in [0.15, 0.2) is 0 Å². The molecular formula is C24H25N3O. The highest BCUT2D eigenvalue weighted by Gasteiger charge is 2.05. The second-order valence-electron chi connectivity index (χ2n) is 6.61. The van der Waals surface area contributed by atoms with E-state index in [1.165, 1.54) is 11.1 Å². The molecule has 0 fully saturated rings. The van der Waals surface area contributed by atoms with Gasteiger partial charge in [0.25, 0.3) is 5.91 Å². The first-order valence-electron chi connectivity index (χ1n) is 9.47. The lowest BCUT2D eigenvalue weighted by Gasteiger charge is -2.08. The molecule has 1 amide bonds. The molecule has 4 heteroatoms. The molecule has 4 nitrogen and oxygen atoms in total. The van der Waals surface area contributed by atoms with E-state index in [9.17, 15) is 4.79 Å². The first-order valence-corrected chi connectivity index (χ1v) is 9.47. The summed E-state index contributed by atoms with van der Waals surface area (Å²) >= 11 is 0. The number of hydrogen-bond acceptors (Lipinski definition) is 3. The van der Waals surface area contributed by atoms with E-state index in [0.717, 1.165) is 28.9 Å². The summed E-state index contributed by atoms with van der Waals surface area (Å²) in [4.78, 5) is 12.1. The number of carbonyl (C=O) groups is 1. The lowest BCUT2D eigenvalue weighted by atomic mass is 10.0. The smallest absolute Gasteiger partial charge is 0.259 e. The molecule has 3 aromatic carbocycles. The number of carbonyl (C=O) groups excluding carboxylic acids is 1. The third-order valence-electron chi connectivity index (χ3n) is 4.48. The molecule has 3 aromatic rings. The van der Waals surface area contributed by atoms with E-state index in [0.29, 0.717) is 0 Å². The van der Waals surface area contributed by atoms with Crippen LogP contribution in [0.4, 0.5) is 5.69 Å². The topological polar surface area (TPSA) is 53.5 Å². The molecule has 0 aromatic heterocycles. The fraction of sp³-hybridized carbons (Fsp3) is 0.167. The molecule has 0 heterocycles. The summed E-state index contributed by atoms with van der Waals surface area (Å²) in [6.45, 7) is 4.24. The number of benzene rings is 3. The molecule has 2 N–H and O–H groups in total. The van der Waals surface area contributed by atoms with Crippen LogP contribution in [0.25, 0.3) is 11.1 Å². The number of nitrogens with one attached hydrogen (secondary N) is 2. The molecule has 0 aliphatic carbocycles. The van der Waals surface area contributed by atoms with Crippen molar-refractivity contribution in [2.75, 3.05) is 11.9 Å². The van der Waals surface area contributed by atoms with E-state index in [4.69, 9.17) is 0 Å². The van der Waals surface area contributed by atoms with Crippen molar-refractivity contribution < 1.29 is 4.79 Å². The first-order chi connectivity index (χ1) is 13.7. The Labute approximate surface area is 166 Å². The van der Waals surface area contributed by atoms with Gasteiger partial charge < -0.3 is 5.32 Å². The Balaban J connectivity index is 1.60. The molecule has 142 valence electrons. The van der Waals surface area contributed by atoms with E-state index in [1.54, 1.807) is 0 Å². The van der Waals surface area contributed by atoms with Gasteiger partial charge in [0.05, 0.1) is 12.3 Å². The first kappa shape index (κ1) is 19.4. The highest BCUT2D eigenvalue weighted by molar-refractivity contribution is 6.01. The van der Waals surface area contributed by atoms with Crippen molar-refractivity contribution in [3.63, 3.8) is 0 Å². The van der Waals surface area contributed by atoms with Crippen LogP contribution < -0.4 is 10.7 Å². The van der Waals surface area contributed by atoms with Gasteiger partial charge in [0, 0.05) is 5.69 Å². The lowest BCUT2D eigenvalue weighted by Crippen LogP contribution is -2.27. The van der Waals surface area contributed by atoms with Gasteiger partial charge in [0.1, 0.15) is 0 Å². The summed E-state index contributed by atoms with van der Waals surface area (Å²) < 4.78 is 0. The largest absolute Gasteiger partial charge is 0.376 e. The Morgan fingerprint density at radius 3 is 2.14 bits per heavy atom. The maximum Gasteiger partial charge on any atom is 0.259 e. The average Bonchev–Trinajstić information content (AvgIpc) is 2.75. The van der Waals surface area contributed by atoms with E-state index in [-0.39, 0.29) is 12.5 Å². The highest BCUT2D eigenvalue weighted by atomic mass is 16.2. The van der Waals surface area contributed by atoms with Crippen molar-refractivity contribution in [3.8, 4) is 11.1 Å². The number of aryl methyl sites for hydroxylation is 1. The van der Waals surface area contributed by atoms with E-state index >= 15 is 0 Å². The summed E-state index contributed by atoms with van der Waals surface area (Å²) in [5.74, 6) is -0.174. The Kier molecular flexibility index (Phi) is 6.58. The average molecular weight is 371 g/mol. The Morgan fingerprint density at radius 2 is 1.50 bits per heavy atom. The molecular weight excluding hydrogens is 346 g/mol. The van der Waals surface area contributed by atoms with Gasteiger partial charge in [-0.2, -0.15) is 5.10 Å². The van der Waals surface area contributed by atoms with Crippen molar-refractivity contribution in [3.05, 3.63) is 90.0 Å². The third-order valence-corrected chi connectivity index (χ3v) is 4.48. The maximum atomic E-state index is 12.1. The van der Waals surface area contributed by atoms with Crippen molar-refractivity contribution in [2.45, 2.75) is 20.3 Å². The standard InChI is InChI=1S/C24H25N3O/c1-3-23(21-13-11-20(12-14-21)19-7-5-4-6-8-19)26-27-24(28)17-25-22-15-9-18(2)10-16-22/h4-16,25H,3,17H2,1-2H3,(H,27,28)/b26-23-. The molecule has 0 saturated carbocycles. The molecule has 0 saturated heterocycles. The molecule has 0 aliphatic rings. The molecule has 0 spiro atoms. The van der Waals surface area contributed by atoms with Crippen molar-refractivity contribution >= 4 is 17.3 Å². The second kappa shape index (κ2) is 9.51. The van der Waals surface area contributed by atoms with Gasteiger partial charge in [-0.3, -0.25) is 4.79 Å². The van der Waals surface area contributed by atoms with Gasteiger partial charge in [-0.15, -0.1) is 0 Å². The Bertz CT molecular complexity index is 930. The minimum atomic E-state index is -0.174. The van der Waals surface area contributed by atoms with Crippen LogP contribution in [0.2, 0.25) is 0 Å². The molecule has 3 rings (SSSR count). The number of hydrazone groups is 1. The molecule has 0 bridgehead atoms. The van der Waals surface area contributed by atoms with Crippen molar-refractivity contribution in [2.24, 2.45) is 5.10 Å². The zero-order valence-corrected chi connectivity index (χ0v) is 16.3. The van der Waals surface area contributed by atoms with E-state index < -0.39 is 0 Å². The monoisotopic (exact) mass is 371 g/mol. The minimum absolute atomic E-state index is 0.174. The number of rotatable bonds is 7. The van der Waals surface area contributed by atoms with Crippen LogP contribution in [0, 0.1) is 6.92 Å². The van der Waals surface area contributed by atoms with Crippen molar-refractivity contribution in [1.82, 2.24) is 5.43 Å². The predicted molar refractivity (Wildman–Crippen MR) is 117 cm³/mol. The molecule has 0 aliphatic heterocycles. The number of nitrogens with zero attached hydrogens (tertiary/aromatic N) is 1. The van der Waals surface area contributed by atoms with E-state index in [1.807, 2.05) is 68.4 Å². The number of amides is 1. The predicted octanol–water partition coefficient (Wildman–Crippen LogP) is 5.00. The fourth-order valence-electron chi connectivity index (χ4n) is 2.86. The van der Waals surface area contributed by atoms with Crippen LogP contribution in [0.15, 0.2) is 84.0 Å². The van der Waals surface area contributed by atoms with Gasteiger partial charge in [-0.05, 0) is 42.2 Å². The second-order valence-corrected chi connectivity index (χ2v) is 6.61. The Hall–Kier alpha value is -3.40. The van der Waals surface area contributed by atoms with E-state index in [2.05, 4.69) is 40.1 Å². The third kappa shape index (κ3) is 5.30. The summed E-state index contributed by atoms with van der Waals surface area (Å²) in [5, 5.41) is 7.42. The highest BCUT2D eigenvalue weighted by Crippen LogP contribution is 2.19. The molecule has 0 atom stereocenters. The summed E-state index contributed by atoms with van der Waals surface area (Å²) in [5.41, 5.74) is 8.94. The lowest BCUT2D eigenvalue weighted by molar-refractivity contribution is -0.119. The Morgan fingerprint density at radius 1 is 0.857 bits per heavy atom. The SMILES string of the molecule is CC/C(=N/NC(=O)CNc1ccc(C)cc1)c1ccc(-c2ccccc2)cc1. The number of anilines is 1. The van der Waals surface area contributed by atoms with Crippen LogP contribution in [-0.4, -0.2) is 18.2 Å². The normalized spacial score (nSPS) is 11.1. The zero-order valence-electron chi connectivity index (χ0n) is 16.3.